The van der Waals surface area contributed by atoms with Crippen LogP contribution in [0.5, 0.6) is 0 Å². The van der Waals surface area contributed by atoms with Gasteiger partial charge in [0, 0.05) is 11.1 Å². The van der Waals surface area contributed by atoms with Gasteiger partial charge in [-0.1, -0.05) is 24.4 Å². The molecule has 0 spiro atoms. The number of benzene rings is 1. The third-order valence-corrected chi connectivity index (χ3v) is 4.16. The molecule has 2 rings (SSSR count). The average molecular weight is 256 g/mol. The molecule has 0 aromatic heterocycles. The van der Waals surface area contributed by atoms with Gasteiger partial charge >= 0.3 is 0 Å². The number of rotatable bonds is 4. The fourth-order valence-corrected chi connectivity index (χ4v) is 3.00. The fraction of sp³-hybridized carbons (Fsp3) is 0.571. The Morgan fingerprint density at radius 1 is 1.41 bits per heavy atom. The summed E-state index contributed by atoms with van der Waals surface area (Å²) in [4.78, 5) is 0. The highest BCUT2D eigenvalue weighted by molar-refractivity contribution is 6.31. The lowest BCUT2D eigenvalue weighted by Gasteiger charge is -2.23. The van der Waals surface area contributed by atoms with Gasteiger partial charge in [0.25, 0.3) is 0 Å². The molecular formula is C14H19ClFN. The number of likely N-dealkylation sites (N-methyl/N-ethyl adjacent to an activating group) is 1. The number of hydrogen-bond donors (Lipinski definition) is 1. The van der Waals surface area contributed by atoms with Gasteiger partial charge in [-0.25, -0.2) is 4.39 Å². The smallest absolute Gasteiger partial charge is 0.123 e. The third-order valence-electron chi connectivity index (χ3n) is 3.79. The van der Waals surface area contributed by atoms with Crippen LogP contribution in [-0.2, 0) is 6.42 Å². The lowest BCUT2D eigenvalue weighted by Crippen LogP contribution is -2.34. The molecule has 1 aliphatic carbocycles. The van der Waals surface area contributed by atoms with Crippen molar-refractivity contribution in [3.05, 3.63) is 34.6 Å². The molecule has 1 nitrogen and oxygen atoms in total. The van der Waals surface area contributed by atoms with Crippen molar-refractivity contribution in [2.24, 2.45) is 5.92 Å². The van der Waals surface area contributed by atoms with E-state index in [1.807, 2.05) is 7.05 Å². The van der Waals surface area contributed by atoms with Gasteiger partial charge in [0.15, 0.2) is 0 Å². The fourth-order valence-electron chi connectivity index (χ4n) is 2.80. The molecule has 1 aromatic carbocycles. The van der Waals surface area contributed by atoms with Crippen LogP contribution in [0, 0.1) is 11.7 Å². The summed E-state index contributed by atoms with van der Waals surface area (Å²) < 4.78 is 13.2. The Kier molecular flexibility index (Phi) is 4.41. The predicted molar refractivity (Wildman–Crippen MR) is 69.9 cm³/mol. The Hall–Kier alpha value is -0.600. The van der Waals surface area contributed by atoms with E-state index in [1.165, 1.54) is 31.7 Å². The molecule has 1 saturated carbocycles. The molecule has 1 fully saturated rings. The highest BCUT2D eigenvalue weighted by Crippen LogP contribution is 2.30. The van der Waals surface area contributed by atoms with Gasteiger partial charge in [-0.15, -0.1) is 0 Å². The summed E-state index contributed by atoms with van der Waals surface area (Å²) in [5.41, 5.74) is 0.915. The topological polar surface area (TPSA) is 12.0 Å². The van der Waals surface area contributed by atoms with Gasteiger partial charge in [0.2, 0.25) is 0 Å². The Labute approximate surface area is 107 Å². The van der Waals surface area contributed by atoms with Crippen molar-refractivity contribution < 1.29 is 4.39 Å². The van der Waals surface area contributed by atoms with Crippen molar-refractivity contribution in [2.75, 3.05) is 7.05 Å². The van der Waals surface area contributed by atoms with Crippen LogP contribution in [0.3, 0.4) is 0 Å². The van der Waals surface area contributed by atoms with E-state index in [0.29, 0.717) is 17.0 Å². The van der Waals surface area contributed by atoms with Crippen molar-refractivity contribution in [1.29, 1.82) is 0 Å². The zero-order chi connectivity index (χ0) is 12.3. The number of halogens is 2. The van der Waals surface area contributed by atoms with Crippen molar-refractivity contribution >= 4 is 11.6 Å². The molecule has 0 bridgehead atoms. The van der Waals surface area contributed by atoms with Crippen LogP contribution in [0.1, 0.15) is 31.2 Å². The van der Waals surface area contributed by atoms with Gasteiger partial charge in [0.05, 0.1) is 0 Å². The largest absolute Gasteiger partial charge is 0.316 e. The summed E-state index contributed by atoms with van der Waals surface area (Å²) >= 11 is 6.11. The van der Waals surface area contributed by atoms with Gasteiger partial charge < -0.3 is 5.32 Å². The van der Waals surface area contributed by atoms with Crippen molar-refractivity contribution in [1.82, 2.24) is 5.32 Å². The van der Waals surface area contributed by atoms with Crippen molar-refractivity contribution in [3.8, 4) is 0 Å². The Morgan fingerprint density at radius 3 is 2.76 bits per heavy atom. The molecule has 1 atom stereocenters. The van der Waals surface area contributed by atoms with E-state index in [0.717, 1.165) is 12.0 Å². The van der Waals surface area contributed by atoms with E-state index in [9.17, 15) is 4.39 Å². The highest BCUT2D eigenvalue weighted by Gasteiger charge is 2.24. The lowest BCUT2D eigenvalue weighted by molar-refractivity contribution is 0.377. The van der Waals surface area contributed by atoms with Gasteiger partial charge in [-0.3, -0.25) is 0 Å². The summed E-state index contributed by atoms with van der Waals surface area (Å²) in [5.74, 6) is 0.505. The zero-order valence-electron chi connectivity index (χ0n) is 10.2. The summed E-state index contributed by atoms with van der Waals surface area (Å²) in [6.45, 7) is 0. The van der Waals surface area contributed by atoms with Crippen LogP contribution in [0.4, 0.5) is 4.39 Å². The monoisotopic (exact) mass is 255 g/mol. The van der Waals surface area contributed by atoms with Crippen molar-refractivity contribution in [3.63, 3.8) is 0 Å². The maximum Gasteiger partial charge on any atom is 0.123 e. The third kappa shape index (κ3) is 3.20. The second kappa shape index (κ2) is 5.83. The Bertz CT molecular complexity index is 374. The first kappa shape index (κ1) is 12.8. The molecule has 3 heteroatoms. The zero-order valence-corrected chi connectivity index (χ0v) is 10.9. The Morgan fingerprint density at radius 2 is 2.12 bits per heavy atom. The minimum Gasteiger partial charge on any atom is -0.316 e. The van der Waals surface area contributed by atoms with Crippen LogP contribution in [0.25, 0.3) is 0 Å². The molecule has 17 heavy (non-hydrogen) atoms. The number of nitrogens with one attached hydrogen (secondary N) is 1. The van der Waals surface area contributed by atoms with E-state index < -0.39 is 0 Å². The first-order chi connectivity index (χ1) is 8.20. The Balaban J connectivity index is 2.09. The minimum atomic E-state index is -0.203. The molecule has 0 saturated heterocycles. The van der Waals surface area contributed by atoms with Crippen LogP contribution in [-0.4, -0.2) is 13.1 Å². The molecule has 94 valence electrons. The molecular weight excluding hydrogens is 237 g/mol. The van der Waals surface area contributed by atoms with E-state index in [-0.39, 0.29) is 5.82 Å². The summed E-state index contributed by atoms with van der Waals surface area (Å²) in [7, 11) is 1.98. The predicted octanol–water partition coefficient (Wildman–Crippen LogP) is 3.80. The van der Waals surface area contributed by atoms with Gasteiger partial charge in [0.1, 0.15) is 5.82 Å². The minimum absolute atomic E-state index is 0.203. The maximum atomic E-state index is 13.2. The molecule has 0 radical (unpaired) electrons. The molecule has 1 aromatic rings. The molecule has 1 N–H and O–H groups in total. The first-order valence-electron chi connectivity index (χ1n) is 6.32. The molecule has 0 aliphatic heterocycles. The maximum absolute atomic E-state index is 13.2. The van der Waals surface area contributed by atoms with Crippen LogP contribution < -0.4 is 5.32 Å². The standard InChI is InChI=1S/C14H19ClFN/c1-17-14(10-4-2-3-5-10)9-11-8-12(16)6-7-13(11)15/h6-8,10,14,17H,2-5,9H2,1H3. The second-order valence-corrected chi connectivity index (χ2v) is 5.29. The highest BCUT2D eigenvalue weighted by atomic mass is 35.5. The van der Waals surface area contributed by atoms with Gasteiger partial charge in [-0.05, 0) is 56.0 Å². The second-order valence-electron chi connectivity index (χ2n) is 4.88. The summed E-state index contributed by atoms with van der Waals surface area (Å²) in [6.07, 6.45) is 6.01. The molecule has 1 aliphatic rings. The number of hydrogen-bond acceptors (Lipinski definition) is 1. The molecule has 0 amide bonds. The van der Waals surface area contributed by atoms with Crippen LogP contribution >= 0.6 is 11.6 Å². The van der Waals surface area contributed by atoms with Crippen molar-refractivity contribution in [2.45, 2.75) is 38.1 Å². The lowest BCUT2D eigenvalue weighted by atomic mass is 9.92. The average Bonchev–Trinajstić information content (AvgIpc) is 2.84. The van der Waals surface area contributed by atoms with Gasteiger partial charge in [-0.2, -0.15) is 0 Å². The van der Waals surface area contributed by atoms with Crippen LogP contribution in [0.15, 0.2) is 18.2 Å². The SMILES string of the molecule is CNC(Cc1cc(F)ccc1Cl)C1CCCC1. The normalized spacial score (nSPS) is 18.5. The van der Waals surface area contributed by atoms with E-state index in [2.05, 4.69) is 5.32 Å². The van der Waals surface area contributed by atoms with E-state index in [1.54, 1.807) is 12.1 Å². The summed E-state index contributed by atoms with van der Waals surface area (Å²) in [6, 6.07) is 5.03. The quantitative estimate of drug-likeness (QED) is 0.863. The van der Waals surface area contributed by atoms with E-state index in [4.69, 9.17) is 11.6 Å². The molecule has 1 unspecified atom stereocenters. The van der Waals surface area contributed by atoms with E-state index >= 15 is 0 Å². The summed E-state index contributed by atoms with van der Waals surface area (Å²) in [5, 5.41) is 4.03. The first-order valence-corrected chi connectivity index (χ1v) is 6.69. The molecule has 0 heterocycles. The van der Waals surface area contributed by atoms with Crippen LogP contribution in [0.2, 0.25) is 5.02 Å².